The van der Waals surface area contributed by atoms with Crippen LogP contribution in [0.3, 0.4) is 0 Å². The molecular formula is C22H32. The molecule has 0 atom stereocenters. The maximum absolute atomic E-state index is 2.25. The van der Waals surface area contributed by atoms with Crippen LogP contribution in [0.1, 0.15) is 62.4 Å². The molecule has 0 N–H and O–H groups in total. The molecule has 0 aliphatic rings. The van der Waals surface area contributed by atoms with E-state index < -0.39 is 0 Å². The van der Waals surface area contributed by atoms with Gasteiger partial charge < -0.3 is 0 Å². The van der Waals surface area contributed by atoms with E-state index in [9.17, 15) is 0 Å². The topological polar surface area (TPSA) is 0 Å². The van der Waals surface area contributed by atoms with Gasteiger partial charge in [-0.2, -0.15) is 0 Å². The minimum atomic E-state index is 1.16. The molecule has 2 rings (SSSR count). The summed E-state index contributed by atoms with van der Waals surface area (Å²) in [4.78, 5) is 0. The Kier molecular flexibility index (Phi) is 8.58. The minimum absolute atomic E-state index is 1.16. The Labute approximate surface area is 137 Å². The maximum atomic E-state index is 2.25. The van der Waals surface area contributed by atoms with Crippen LogP contribution in [0.25, 0.3) is 0 Å². The van der Waals surface area contributed by atoms with E-state index in [-0.39, 0.29) is 0 Å². The van der Waals surface area contributed by atoms with E-state index in [0.717, 1.165) is 25.7 Å². The van der Waals surface area contributed by atoms with Crippen LogP contribution < -0.4 is 0 Å². The Hall–Kier alpha value is -1.56. The summed E-state index contributed by atoms with van der Waals surface area (Å²) in [5.74, 6) is 0. The molecule has 0 bridgehead atoms. The van der Waals surface area contributed by atoms with E-state index in [1.807, 2.05) is 0 Å². The van der Waals surface area contributed by atoms with Crippen molar-refractivity contribution in [3.8, 4) is 0 Å². The molecule has 0 aliphatic heterocycles. The fourth-order valence-electron chi connectivity index (χ4n) is 3.05. The van der Waals surface area contributed by atoms with Gasteiger partial charge in [-0.3, -0.25) is 0 Å². The Morgan fingerprint density at radius 1 is 0.455 bits per heavy atom. The lowest BCUT2D eigenvalue weighted by Gasteiger charge is -2.10. The smallest absolute Gasteiger partial charge is 0.0302 e. The molecule has 0 saturated heterocycles. The molecular weight excluding hydrogens is 264 g/mol. The van der Waals surface area contributed by atoms with Crippen molar-refractivity contribution in [3.63, 3.8) is 0 Å². The van der Waals surface area contributed by atoms with Gasteiger partial charge in [0.25, 0.3) is 0 Å². The van der Waals surface area contributed by atoms with Crippen LogP contribution in [0, 0.1) is 0 Å². The van der Waals surface area contributed by atoms with Crippen LogP contribution in [0.15, 0.2) is 42.5 Å². The summed E-state index contributed by atoms with van der Waals surface area (Å²) in [5.41, 5.74) is 7.60. The highest BCUT2D eigenvalue weighted by atomic mass is 14.1. The van der Waals surface area contributed by atoms with Crippen LogP contribution in [0.5, 0.6) is 0 Å². The van der Waals surface area contributed by atoms with Gasteiger partial charge in [-0.05, 0) is 59.9 Å². The fourth-order valence-corrected chi connectivity index (χ4v) is 3.05. The molecule has 0 heteroatoms. The lowest BCUT2D eigenvalue weighted by atomic mass is 9.96. The summed E-state index contributed by atoms with van der Waals surface area (Å²) < 4.78 is 0. The van der Waals surface area contributed by atoms with Gasteiger partial charge in [-0.15, -0.1) is 0 Å². The first-order valence-electron chi connectivity index (χ1n) is 8.87. The highest BCUT2D eigenvalue weighted by Gasteiger charge is 2.02. The Morgan fingerprint density at radius 3 is 1.14 bits per heavy atom. The van der Waals surface area contributed by atoms with E-state index in [1.54, 1.807) is 5.56 Å². The molecule has 0 aromatic heterocycles. The molecule has 0 saturated carbocycles. The van der Waals surface area contributed by atoms with Gasteiger partial charge in [0, 0.05) is 0 Å². The van der Waals surface area contributed by atoms with Crippen molar-refractivity contribution in [1.82, 2.24) is 0 Å². The number of rotatable bonds is 5. The molecule has 0 aliphatic carbocycles. The van der Waals surface area contributed by atoms with Gasteiger partial charge in [0.1, 0.15) is 0 Å². The fraction of sp³-hybridized carbons (Fsp3) is 0.455. The zero-order valence-corrected chi connectivity index (χ0v) is 15.1. The summed E-state index contributed by atoms with van der Waals surface area (Å²) in [6.45, 7) is 11.1. The number of aryl methyl sites for hydroxylation is 4. The summed E-state index contributed by atoms with van der Waals surface area (Å²) in [6.07, 6.45) is 5.81. The molecule has 0 fully saturated rings. The summed E-state index contributed by atoms with van der Waals surface area (Å²) in [6, 6.07) is 15.3. The first kappa shape index (κ1) is 18.5. The molecule has 2 aromatic rings. The van der Waals surface area contributed by atoms with E-state index in [2.05, 4.69) is 77.1 Å². The van der Waals surface area contributed by atoms with Crippen molar-refractivity contribution in [1.29, 1.82) is 0 Å². The van der Waals surface area contributed by atoms with Crippen LogP contribution in [-0.2, 0) is 32.1 Å². The zero-order chi connectivity index (χ0) is 16.4. The molecule has 0 radical (unpaired) electrons. The number of hydrogen-bond donors (Lipinski definition) is 0. The quantitative estimate of drug-likeness (QED) is 0.617. The first-order chi connectivity index (χ1) is 10.7. The van der Waals surface area contributed by atoms with E-state index in [4.69, 9.17) is 0 Å². The van der Waals surface area contributed by atoms with Gasteiger partial charge >= 0.3 is 0 Å². The van der Waals surface area contributed by atoms with Gasteiger partial charge in [-0.25, -0.2) is 0 Å². The average Bonchev–Trinajstić information content (AvgIpc) is 2.61. The highest BCUT2D eigenvalue weighted by molar-refractivity contribution is 5.35. The Balaban J connectivity index is 0.000000224. The van der Waals surface area contributed by atoms with Crippen LogP contribution in [-0.4, -0.2) is 0 Å². The van der Waals surface area contributed by atoms with Crippen molar-refractivity contribution in [2.24, 2.45) is 0 Å². The molecule has 0 amide bonds. The third-order valence-corrected chi connectivity index (χ3v) is 4.37. The van der Waals surface area contributed by atoms with Crippen LogP contribution in [0.4, 0.5) is 0 Å². The molecule has 0 heterocycles. The molecule has 0 unspecified atom stereocenters. The summed E-state index contributed by atoms with van der Waals surface area (Å²) >= 11 is 0. The standard InChI is InChI=1S/C12H18.C10H14/c1-4-10-8-7-9-11(5-2)12(10)6-3;1-3-9-7-5-6-8-10(9)4-2/h7-9H,4-6H2,1-3H3;5-8H,3-4H2,1-2H3. The third-order valence-electron chi connectivity index (χ3n) is 4.37. The van der Waals surface area contributed by atoms with Gasteiger partial charge in [0.15, 0.2) is 0 Å². The van der Waals surface area contributed by atoms with Crippen LogP contribution >= 0.6 is 0 Å². The van der Waals surface area contributed by atoms with Gasteiger partial charge in [0.05, 0.1) is 0 Å². The van der Waals surface area contributed by atoms with E-state index in [0.29, 0.717) is 0 Å². The largest absolute Gasteiger partial charge is 0.0620 e. The SMILES string of the molecule is CCc1cccc(CC)c1CC.CCc1ccccc1CC. The summed E-state index contributed by atoms with van der Waals surface area (Å²) in [7, 11) is 0. The number of hydrogen-bond acceptors (Lipinski definition) is 0. The predicted molar refractivity (Wildman–Crippen MR) is 99.8 cm³/mol. The third kappa shape index (κ3) is 5.02. The Morgan fingerprint density at radius 2 is 0.818 bits per heavy atom. The monoisotopic (exact) mass is 296 g/mol. The molecule has 2 aromatic carbocycles. The average molecular weight is 296 g/mol. The van der Waals surface area contributed by atoms with Gasteiger partial charge in [-0.1, -0.05) is 77.1 Å². The molecule has 0 nitrogen and oxygen atoms in total. The summed E-state index contributed by atoms with van der Waals surface area (Å²) in [5, 5.41) is 0. The Bertz CT molecular complexity index is 506. The first-order valence-corrected chi connectivity index (χ1v) is 8.87. The van der Waals surface area contributed by atoms with E-state index >= 15 is 0 Å². The normalized spacial score (nSPS) is 10.0. The lowest BCUT2D eigenvalue weighted by molar-refractivity contribution is 0.981. The van der Waals surface area contributed by atoms with Crippen LogP contribution in [0.2, 0.25) is 0 Å². The van der Waals surface area contributed by atoms with Crippen molar-refractivity contribution < 1.29 is 0 Å². The predicted octanol–water partition coefficient (Wildman–Crippen LogP) is 6.19. The minimum Gasteiger partial charge on any atom is -0.0620 e. The van der Waals surface area contributed by atoms with Crippen molar-refractivity contribution >= 4 is 0 Å². The second kappa shape index (κ2) is 10.2. The van der Waals surface area contributed by atoms with Gasteiger partial charge in [0.2, 0.25) is 0 Å². The maximum Gasteiger partial charge on any atom is -0.0302 e. The van der Waals surface area contributed by atoms with Crippen molar-refractivity contribution in [3.05, 3.63) is 70.3 Å². The second-order valence-corrected chi connectivity index (χ2v) is 5.59. The van der Waals surface area contributed by atoms with Crippen molar-refractivity contribution in [2.45, 2.75) is 66.7 Å². The van der Waals surface area contributed by atoms with Crippen molar-refractivity contribution in [2.75, 3.05) is 0 Å². The molecule has 22 heavy (non-hydrogen) atoms. The number of benzene rings is 2. The second-order valence-electron chi connectivity index (χ2n) is 5.59. The molecule has 120 valence electrons. The lowest BCUT2D eigenvalue weighted by Crippen LogP contribution is -1.96. The molecule has 0 spiro atoms. The highest BCUT2D eigenvalue weighted by Crippen LogP contribution is 2.16. The zero-order valence-electron chi connectivity index (χ0n) is 15.1. The van der Waals surface area contributed by atoms with E-state index in [1.165, 1.54) is 28.7 Å².